The van der Waals surface area contributed by atoms with Crippen molar-refractivity contribution in [1.29, 1.82) is 0 Å². The molecule has 0 spiro atoms. The van der Waals surface area contributed by atoms with E-state index in [1.54, 1.807) is 4.31 Å². The van der Waals surface area contributed by atoms with Gasteiger partial charge in [0.15, 0.2) is 0 Å². The number of hydrogen-bond acceptors (Lipinski definition) is 4. The highest BCUT2D eigenvalue weighted by Gasteiger charge is 2.30. The molecule has 1 amide bonds. The van der Waals surface area contributed by atoms with Crippen LogP contribution >= 0.6 is 12.4 Å². The molecule has 0 aromatic heterocycles. The summed E-state index contributed by atoms with van der Waals surface area (Å²) in [6, 6.07) is 7.62. The Morgan fingerprint density at radius 1 is 1.23 bits per heavy atom. The lowest BCUT2D eigenvalue weighted by Gasteiger charge is -2.30. The molecule has 0 radical (unpaired) electrons. The summed E-state index contributed by atoms with van der Waals surface area (Å²) in [6.45, 7) is 3.46. The fourth-order valence-corrected chi connectivity index (χ4v) is 4.69. The molecule has 0 bridgehead atoms. The van der Waals surface area contributed by atoms with Crippen LogP contribution in [-0.4, -0.2) is 44.0 Å². The number of unbranched alkanes of at least 4 members (excludes halogenated alkanes) is 1. The number of benzene rings is 1. The van der Waals surface area contributed by atoms with Crippen LogP contribution in [0.4, 0.5) is 5.69 Å². The summed E-state index contributed by atoms with van der Waals surface area (Å²) in [5, 5.41) is 2.97. The Balaban J connectivity index is 0.00000338. The van der Waals surface area contributed by atoms with Crippen LogP contribution in [0.3, 0.4) is 0 Å². The molecule has 1 aliphatic heterocycles. The van der Waals surface area contributed by atoms with E-state index in [0.29, 0.717) is 38.9 Å². The number of amides is 1. The first-order valence-electron chi connectivity index (χ1n) is 9.02. The fourth-order valence-electron chi connectivity index (χ4n) is 3.01. The minimum Gasteiger partial charge on any atom is -0.399 e. The van der Waals surface area contributed by atoms with Crippen LogP contribution in [0.15, 0.2) is 24.3 Å². The van der Waals surface area contributed by atoms with Crippen LogP contribution in [0.1, 0.15) is 38.2 Å². The van der Waals surface area contributed by atoms with Gasteiger partial charge >= 0.3 is 0 Å². The molecular weight excluding hydrogens is 374 g/mol. The number of anilines is 1. The molecule has 1 aliphatic rings. The zero-order valence-corrected chi connectivity index (χ0v) is 16.9. The Morgan fingerprint density at radius 2 is 1.85 bits per heavy atom. The van der Waals surface area contributed by atoms with Crippen molar-refractivity contribution in [2.24, 2.45) is 5.92 Å². The summed E-state index contributed by atoms with van der Waals surface area (Å²) in [5.74, 6) is 0.146. The average molecular weight is 404 g/mol. The second-order valence-electron chi connectivity index (χ2n) is 6.63. The molecular formula is C18H30ClN3O3S. The second kappa shape index (κ2) is 10.7. The quantitative estimate of drug-likeness (QED) is 0.650. The van der Waals surface area contributed by atoms with Gasteiger partial charge in [-0.3, -0.25) is 4.79 Å². The van der Waals surface area contributed by atoms with E-state index in [2.05, 4.69) is 5.32 Å². The molecule has 8 heteroatoms. The molecule has 3 N–H and O–H groups in total. The van der Waals surface area contributed by atoms with Gasteiger partial charge in [0, 0.05) is 31.2 Å². The molecule has 1 aromatic rings. The van der Waals surface area contributed by atoms with Crippen molar-refractivity contribution >= 4 is 34.0 Å². The Labute approximate surface area is 163 Å². The van der Waals surface area contributed by atoms with Gasteiger partial charge in [-0.2, -0.15) is 0 Å². The maximum Gasteiger partial charge on any atom is 0.223 e. The predicted molar refractivity (Wildman–Crippen MR) is 108 cm³/mol. The zero-order chi connectivity index (χ0) is 18.3. The third-order valence-corrected chi connectivity index (χ3v) is 6.62. The van der Waals surface area contributed by atoms with Crippen LogP contribution in [0.5, 0.6) is 0 Å². The summed E-state index contributed by atoms with van der Waals surface area (Å²) in [6.07, 6.45) is 3.51. The van der Waals surface area contributed by atoms with E-state index in [0.717, 1.165) is 24.1 Å². The lowest BCUT2D eigenvalue weighted by atomic mass is 9.97. The summed E-state index contributed by atoms with van der Waals surface area (Å²) in [4.78, 5) is 12.3. The number of halogens is 1. The number of piperidine rings is 1. The highest BCUT2D eigenvalue weighted by Crippen LogP contribution is 2.20. The number of carbonyl (C=O) groups excluding carboxylic acids is 1. The van der Waals surface area contributed by atoms with Gasteiger partial charge in [-0.1, -0.05) is 25.5 Å². The maximum absolute atomic E-state index is 12.3. The first-order chi connectivity index (χ1) is 11.9. The Kier molecular flexibility index (Phi) is 9.39. The topological polar surface area (TPSA) is 92.5 Å². The van der Waals surface area contributed by atoms with Crippen molar-refractivity contribution in [2.75, 3.05) is 31.1 Å². The van der Waals surface area contributed by atoms with Gasteiger partial charge in [0.1, 0.15) is 0 Å². The molecule has 2 rings (SSSR count). The van der Waals surface area contributed by atoms with E-state index in [9.17, 15) is 13.2 Å². The van der Waals surface area contributed by atoms with Crippen LogP contribution < -0.4 is 11.1 Å². The summed E-state index contributed by atoms with van der Waals surface area (Å²) in [7, 11) is -3.16. The summed E-state index contributed by atoms with van der Waals surface area (Å²) >= 11 is 0. The minimum atomic E-state index is -3.16. The highest BCUT2D eigenvalue weighted by atomic mass is 35.5. The van der Waals surface area contributed by atoms with Gasteiger partial charge in [-0.15, -0.1) is 12.4 Å². The third-order valence-electron chi connectivity index (χ3n) is 4.67. The van der Waals surface area contributed by atoms with Crippen LogP contribution in [0.25, 0.3) is 0 Å². The average Bonchev–Trinajstić information content (AvgIpc) is 2.62. The zero-order valence-electron chi connectivity index (χ0n) is 15.3. The number of nitrogen functional groups attached to an aromatic ring is 1. The van der Waals surface area contributed by atoms with Crippen molar-refractivity contribution in [1.82, 2.24) is 9.62 Å². The van der Waals surface area contributed by atoms with Crippen LogP contribution in [-0.2, 0) is 21.2 Å². The minimum absolute atomic E-state index is 0. The molecule has 0 saturated carbocycles. The molecule has 0 unspecified atom stereocenters. The number of nitrogens with two attached hydrogens (primary N) is 1. The SMILES string of the molecule is CCCCS(=O)(=O)N1CCC(C(=O)NCCc2ccc(N)cc2)CC1.Cl. The van der Waals surface area contributed by atoms with E-state index < -0.39 is 10.0 Å². The number of rotatable bonds is 8. The molecule has 1 heterocycles. The Hall–Kier alpha value is -1.31. The number of carbonyl (C=O) groups is 1. The van der Waals surface area contributed by atoms with E-state index in [4.69, 9.17) is 5.73 Å². The van der Waals surface area contributed by atoms with Crippen molar-refractivity contribution in [2.45, 2.75) is 39.0 Å². The predicted octanol–water partition coefficient (Wildman–Crippen LogP) is 2.19. The van der Waals surface area contributed by atoms with Crippen LogP contribution in [0, 0.1) is 5.92 Å². The van der Waals surface area contributed by atoms with E-state index in [-0.39, 0.29) is 30.0 Å². The summed E-state index contributed by atoms with van der Waals surface area (Å²) in [5.41, 5.74) is 7.51. The molecule has 6 nitrogen and oxygen atoms in total. The van der Waals surface area contributed by atoms with Crippen molar-refractivity contribution < 1.29 is 13.2 Å². The van der Waals surface area contributed by atoms with E-state index >= 15 is 0 Å². The van der Waals surface area contributed by atoms with Gasteiger partial charge in [0.05, 0.1) is 5.75 Å². The van der Waals surface area contributed by atoms with Crippen molar-refractivity contribution in [3.05, 3.63) is 29.8 Å². The standard InChI is InChI=1S/C18H29N3O3S.ClH/c1-2-3-14-25(23,24)21-12-9-16(10-13-21)18(22)20-11-8-15-4-6-17(19)7-5-15;/h4-7,16H,2-3,8-14,19H2,1H3,(H,20,22);1H. The van der Waals surface area contributed by atoms with Gasteiger partial charge in [0.2, 0.25) is 15.9 Å². The van der Waals surface area contributed by atoms with E-state index in [1.807, 2.05) is 31.2 Å². The lowest BCUT2D eigenvalue weighted by molar-refractivity contribution is -0.126. The third kappa shape index (κ3) is 6.78. The van der Waals surface area contributed by atoms with Crippen LogP contribution in [0.2, 0.25) is 0 Å². The number of sulfonamides is 1. The molecule has 1 saturated heterocycles. The molecule has 0 atom stereocenters. The molecule has 1 fully saturated rings. The van der Waals surface area contributed by atoms with Gasteiger partial charge in [0.25, 0.3) is 0 Å². The van der Waals surface area contributed by atoms with Crippen molar-refractivity contribution in [3.8, 4) is 0 Å². The fraction of sp³-hybridized carbons (Fsp3) is 0.611. The summed E-state index contributed by atoms with van der Waals surface area (Å²) < 4.78 is 25.9. The Morgan fingerprint density at radius 3 is 2.42 bits per heavy atom. The highest BCUT2D eigenvalue weighted by molar-refractivity contribution is 7.89. The second-order valence-corrected chi connectivity index (χ2v) is 8.71. The largest absolute Gasteiger partial charge is 0.399 e. The first kappa shape index (κ1) is 22.7. The van der Waals surface area contributed by atoms with Gasteiger partial charge in [-0.05, 0) is 43.4 Å². The molecule has 1 aromatic carbocycles. The van der Waals surface area contributed by atoms with Gasteiger partial charge < -0.3 is 11.1 Å². The van der Waals surface area contributed by atoms with Gasteiger partial charge in [-0.25, -0.2) is 12.7 Å². The number of nitrogens with zero attached hydrogens (tertiary/aromatic N) is 1. The monoisotopic (exact) mass is 403 g/mol. The smallest absolute Gasteiger partial charge is 0.223 e. The molecule has 26 heavy (non-hydrogen) atoms. The normalized spacial score (nSPS) is 16.0. The van der Waals surface area contributed by atoms with E-state index in [1.165, 1.54) is 0 Å². The number of nitrogens with one attached hydrogen (secondary N) is 1. The molecule has 148 valence electrons. The molecule has 0 aliphatic carbocycles. The first-order valence-corrected chi connectivity index (χ1v) is 10.6. The Bertz CT molecular complexity index is 657. The lowest BCUT2D eigenvalue weighted by Crippen LogP contribution is -2.44. The maximum atomic E-state index is 12.3. The van der Waals surface area contributed by atoms with Crippen molar-refractivity contribution in [3.63, 3.8) is 0 Å². The number of hydrogen-bond donors (Lipinski definition) is 2.